The van der Waals surface area contributed by atoms with Crippen LogP contribution in [0.4, 0.5) is 0 Å². The van der Waals surface area contributed by atoms with Crippen molar-refractivity contribution < 1.29 is 9.90 Å². The highest BCUT2D eigenvalue weighted by atomic mass is 35.5. The van der Waals surface area contributed by atoms with E-state index in [4.69, 9.17) is 16.7 Å². The number of carbonyl (C=O) groups is 1. The van der Waals surface area contributed by atoms with Gasteiger partial charge in [0.05, 0.1) is 16.6 Å². The number of rotatable bonds is 3. The summed E-state index contributed by atoms with van der Waals surface area (Å²) in [6, 6.07) is 12.6. The Labute approximate surface area is 126 Å². The molecule has 106 valence electrons. The number of aromatic nitrogens is 2. The molecule has 0 aliphatic heterocycles. The molecule has 0 fully saturated rings. The minimum Gasteiger partial charge on any atom is -0.478 e. The highest BCUT2D eigenvalue weighted by molar-refractivity contribution is 6.30. The number of fused-ring (bicyclic) bond motifs is 1. The SMILES string of the molecule is Cn1c(Cc2ccc(Cl)cc2)nc2cc(C(=O)O)ccc21. The second-order valence-electron chi connectivity index (χ2n) is 4.90. The number of aryl methyl sites for hydroxylation is 1. The molecule has 4 nitrogen and oxygen atoms in total. The van der Waals surface area contributed by atoms with Gasteiger partial charge in [-0.1, -0.05) is 23.7 Å². The molecule has 1 heterocycles. The van der Waals surface area contributed by atoms with Crippen LogP contribution in [0.3, 0.4) is 0 Å². The number of carboxylic acid groups (broad SMARTS) is 1. The molecular weight excluding hydrogens is 288 g/mol. The Bertz CT molecular complexity index is 822. The van der Waals surface area contributed by atoms with Crippen LogP contribution in [0.15, 0.2) is 42.5 Å². The topological polar surface area (TPSA) is 55.1 Å². The molecule has 0 aliphatic carbocycles. The third-order valence-electron chi connectivity index (χ3n) is 3.50. The van der Waals surface area contributed by atoms with Crippen LogP contribution >= 0.6 is 11.6 Å². The highest BCUT2D eigenvalue weighted by Gasteiger charge is 2.11. The molecule has 0 unspecified atom stereocenters. The van der Waals surface area contributed by atoms with Crippen LogP contribution in [0.1, 0.15) is 21.7 Å². The van der Waals surface area contributed by atoms with Crippen molar-refractivity contribution in [2.24, 2.45) is 7.05 Å². The minimum absolute atomic E-state index is 0.249. The molecule has 0 saturated carbocycles. The van der Waals surface area contributed by atoms with E-state index >= 15 is 0 Å². The summed E-state index contributed by atoms with van der Waals surface area (Å²) in [5, 5.41) is 9.74. The van der Waals surface area contributed by atoms with Crippen molar-refractivity contribution in [2.45, 2.75) is 6.42 Å². The van der Waals surface area contributed by atoms with E-state index in [2.05, 4.69) is 4.98 Å². The first-order valence-corrected chi connectivity index (χ1v) is 6.85. The van der Waals surface area contributed by atoms with Crippen LogP contribution in [0.2, 0.25) is 5.02 Å². The van der Waals surface area contributed by atoms with Crippen molar-refractivity contribution in [3.63, 3.8) is 0 Å². The average Bonchev–Trinajstić information content (AvgIpc) is 2.77. The smallest absolute Gasteiger partial charge is 0.335 e. The van der Waals surface area contributed by atoms with E-state index in [1.807, 2.05) is 35.9 Å². The second kappa shape index (κ2) is 5.22. The molecule has 0 amide bonds. The lowest BCUT2D eigenvalue weighted by atomic mass is 10.1. The number of aromatic carboxylic acids is 1. The van der Waals surface area contributed by atoms with Gasteiger partial charge in [-0.3, -0.25) is 0 Å². The fraction of sp³-hybridized carbons (Fsp3) is 0.125. The number of halogens is 1. The molecule has 0 bridgehead atoms. The first-order valence-electron chi connectivity index (χ1n) is 6.47. The van der Waals surface area contributed by atoms with Gasteiger partial charge in [0.25, 0.3) is 0 Å². The van der Waals surface area contributed by atoms with Gasteiger partial charge in [0.15, 0.2) is 0 Å². The molecule has 0 atom stereocenters. The maximum Gasteiger partial charge on any atom is 0.335 e. The minimum atomic E-state index is -0.943. The zero-order valence-electron chi connectivity index (χ0n) is 11.4. The monoisotopic (exact) mass is 300 g/mol. The molecule has 0 aliphatic rings. The predicted octanol–water partition coefficient (Wildman–Crippen LogP) is 3.52. The summed E-state index contributed by atoms with van der Waals surface area (Å²) in [6.07, 6.45) is 0.671. The first kappa shape index (κ1) is 13.6. The summed E-state index contributed by atoms with van der Waals surface area (Å²) in [6.45, 7) is 0. The van der Waals surface area contributed by atoms with E-state index in [1.165, 1.54) is 0 Å². The Kier molecular flexibility index (Phi) is 3.39. The molecular formula is C16H13ClN2O2. The molecule has 2 aromatic carbocycles. The Hall–Kier alpha value is -2.33. The lowest BCUT2D eigenvalue weighted by molar-refractivity contribution is 0.0697. The Morgan fingerprint density at radius 1 is 1.24 bits per heavy atom. The zero-order valence-corrected chi connectivity index (χ0v) is 12.1. The first-order chi connectivity index (χ1) is 10.0. The number of nitrogens with zero attached hydrogens (tertiary/aromatic N) is 2. The number of benzene rings is 2. The fourth-order valence-corrected chi connectivity index (χ4v) is 2.45. The summed E-state index contributed by atoms with van der Waals surface area (Å²) in [5.41, 5.74) is 2.97. The van der Waals surface area contributed by atoms with Gasteiger partial charge >= 0.3 is 5.97 Å². The van der Waals surface area contributed by atoms with Crippen molar-refractivity contribution in [1.82, 2.24) is 9.55 Å². The van der Waals surface area contributed by atoms with Crippen molar-refractivity contribution in [3.8, 4) is 0 Å². The quantitative estimate of drug-likeness (QED) is 0.805. The predicted molar refractivity (Wildman–Crippen MR) is 81.9 cm³/mol. The maximum absolute atomic E-state index is 11.0. The van der Waals surface area contributed by atoms with Gasteiger partial charge in [0.1, 0.15) is 5.82 Å². The van der Waals surface area contributed by atoms with Gasteiger partial charge in [0.2, 0.25) is 0 Å². The van der Waals surface area contributed by atoms with Crippen LogP contribution in [0.5, 0.6) is 0 Å². The Morgan fingerprint density at radius 2 is 1.95 bits per heavy atom. The van der Waals surface area contributed by atoms with Crippen LogP contribution in [0.25, 0.3) is 11.0 Å². The number of imidazole rings is 1. The molecule has 1 N–H and O–H groups in total. The fourth-order valence-electron chi connectivity index (χ4n) is 2.33. The summed E-state index contributed by atoms with van der Waals surface area (Å²) in [5.74, 6) is -0.0586. The summed E-state index contributed by atoms with van der Waals surface area (Å²) in [7, 11) is 1.93. The molecule has 0 radical (unpaired) electrons. The van der Waals surface area contributed by atoms with E-state index in [0.717, 1.165) is 16.9 Å². The third kappa shape index (κ3) is 2.62. The van der Waals surface area contributed by atoms with Gasteiger partial charge in [0, 0.05) is 18.5 Å². The summed E-state index contributed by atoms with van der Waals surface area (Å²) < 4.78 is 1.98. The van der Waals surface area contributed by atoms with E-state index in [0.29, 0.717) is 17.0 Å². The van der Waals surface area contributed by atoms with Gasteiger partial charge in [-0.05, 0) is 35.9 Å². The van der Waals surface area contributed by atoms with Gasteiger partial charge in [-0.25, -0.2) is 9.78 Å². The second-order valence-corrected chi connectivity index (χ2v) is 5.34. The van der Waals surface area contributed by atoms with E-state index in [9.17, 15) is 4.79 Å². The molecule has 0 spiro atoms. The van der Waals surface area contributed by atoms with Crippen LogP contribution in [0, 0.1) is 0 Å². The van der Waals surface area contributed by atoms with Gasteiger partial charge in [-0.15, -0.1) is 0 Å². The van der Waals surface area contributed by atoms with Crippen LogP contribution < -0.4 is 0 Å². The van der Waals surface area contributed by atoms with E-state index < -0.39 is 5.97 Å². The van der Waals surface area contributed by atoms with E-state index in [-0.39, 0.29) is 5.56 Å². The standard InChI is InChI=1S/C16H13ClN2O2/c1-19-14-7-4-11(16(20)21)9-13(14)18-15(19)8-10-2-5-12(17)6-3-10/h2-7,9H,8H2,1H3,(H,20,21). The highest BCUT2D eigenvalue weighted by Crippen LogP contribution is 2.19. The van der Waals surface area contributed by atoms with Gasteiger partial charge in [-0.2, -0.15) is 0 Å². The Balaban J connectivity index is 2.00. The lowest BCUT2D eigenvalue weighted by Crippen LogP contribution is -1.99. The van der Waals surface area contributed by atoms with Gasteiger partial charge < -0.3 is 9.67 Å². The number of carboxylic acids is 1. The van der Waals surface area contributed by atoms with Crippen molar-refractivity contribution in [1.29, 1.82) is 0 Å². The van der Waals surface area contributed by atoms with Crippen molar-refractivity contribution in [2.75, 3.05) is 0 Å². The molecule has 5 heteroatoms. The maximum atomic E-state index is 11.0. The average molecular weight is 301 g/mol. The molecule has 3 aromatic rings. The number of hydrogen-bond acceptors (Lipinski definition) is 2. The third-order valence-corrected chi connectivity index (χ3v) is 3.75. The summed E-state index contributed by atoms with van der Waals surface area (Å²) in [4.78, 5) is 15.6. The molecule has 0 saturated heterocycles. The van der Waals surface area contributed by atoms with Crippen LogP contribution in [-0.4, -0.2) is 20.6 Å². The molecule has 1 aromatic heterocycles. The normalized spacial score (nSPS) is 11.0. The zero-order chi connectivity index (χ0) is 15.0. The number of hydrogen-bond donors (Lipinski definition) is 1. The Morgan fingerprint density at radius 3 is 2.62 bits per heavy atom. The molecule has 3 rings (SSSR count). The lowest BCUT2D eigenvalue weighted by Gasteiger charge is -2.03. The molecule has 21 heavy (non-hydrogen) atoms. The van der Waals surface area contributed by atoms with Crippen molar-refractivity contribution >= 4 is 28.6 Å². The largest absolute Gasteiger partial charge is 0.478 e. The van der Waals surface area contributed by atoms with Crippen molar-refractivity contribution in [3.05, 3.63) is 64.4 Å². The summed E-state index contributed by atoms with van der Waals surface area (Å²) >= 11 is 5.88. The van der Waals surface area contributed by atoms with E-state index in [1.54, 1.807) is 18.2 Å². The van der Waals surface area contributed by atoms with Crippen LogP contribution in [-0.2, 0) is 13.5 Å².